The number of allylic oxidation sites excluding steroid dienone is 3. The highest BCUT2D eigenvalue weighted by molar-refractivity contribution is 6.02. The van der Waals surface area contributed by atoms with Gasteiger partial charge in [-0.05, 0) is 99.0 Å². The lowest BCUT2D eigenvalue weighted by Crippen LogP contribution is -2.43. The van der Waals surface area contributed by atoms with E-state index >= 15 is 0 Å². The average Bonchev–Trinajstić information content (AvgIpc) is 3.46. The second-order valence-corrected chi connectivity index (χ2v) is 10.5. The molecule has 0 aromatic heterocycles. The highest BCUT2D eigenvalue weighted by Gasteiger charge is 2.38. The van der Waals surface area contributed by atoms with Gasteiger partial charge in [-0.1, -0.05) is 24.3 Å². The molecule has 0 bridgehead atoms. The molecule has 2 fully saturated rings. The lowest BCUT2D eigenvalue weighted by atomic mass is 9.86. The standard InChI is InChI=1S/C28H34N2O2/c31-26(23-17-21-7-10-27(32)30-16-13-22(18-23)28(21)30)9-5-19-11-14-29(15-12-19)25-8-6-20-3-1-2-4-24(20)25/h1-4,17-20,24-25H,5-16H2. The molecule has 0 spiro atoms. The van der Waals surface area contributed by atoms with Crippen molar-refractivity contribution in [3.8, 4) is 0 Å². The molecule has 3 heterocycles. The fourth-order valence-corrected chi connectivity index (χ4v) is 7.03. The number of carbonyl (C=O) groups excluding carboxylic acids is 2. The maximum Gasteiger partial charge on any atom is 0.227 e. The molecule has 3 aliphatic heterocycles. The molecule has 1 amide bonds. The fourth-order valence-electron chi connectivity index (χ4n) is 7.03. The third-order valence-electron chi connectivity index (χ3n) is 8.81. The van der Waals surface area contributed by atoms with Crippen LogP contribution in [0.3, 0.4) is 0 Å². The van der Waals surface area contributed by atoms with Crippen molar-refractivity contribution >= 4 is 17.4 Å². The first-order valence-electron chi connectivity index (χ1n) is 12.8. The molecule has 3 unspecified atom stereocenters. The summed E-state index contributed by atoms with van der Waals surface area (Å²) < 4.78 is 0. The van der Waals surface area contributed by atoms with Crippen LogP contribution in [0.1, 0.15) is 66.4 Å². The van der Waals surface area contributed by atoms with Crippen LogP contribution in [0.15, 0.2) is 36.4 Å². The number of ketones is 1. The summed E-state index contributed by atoms with van der Waals surface area (Å²) in [5, 5.41) is 0. The molecule has 3 atom stereocenters. The normalized spacial score (nSPS) is 29.4. The van der Waals surface area contributed by atoms with Crippen LogP contribution in [-0.2, 0) is 17.6 Å². The molecule has 0 radical (unpaired) electrons. The highest BCUT2D eigenvalue weighted by Crippen LogP contribution is 2.41. The zero-order chi connectivity index (χ0) is 21.7. The van der Waals surface area contributed by atoms with Gasteiger partial charge < -0.3 is 4.90 Å². The molecule has 168 valence electrons. The minimum atomic E-state index is 0.241. The SMILES string of the molecule is O=C(CCC1CCN(C2CCC3C=CC=CC32)CC1)c1cc2c3c(c1)CCN3C(=O)CC2. The van der Waals surface area contributed by atoms with E-state index in [0.29, 0.717) is 30.5 Å². The van der Waals surface area contributed by atoms with Gasteiger partial charge in [0.2, 0.25) is 5.91 Å². The monoisotopic (exact) mass is 430 g/mol. The van der Waals surface area contributed by atoms with E-state index in [0.717, 1.165) is 49.0 Å². The summed E-state index contributed by atoms with van der Waals surface area (Å²) in [6, 6.07) is 4.88. The molecule has 1 saturated heterocycles. The Kier molecular flexibility index (Phi) is 5.29. The predicted molar refractivity (Wildman–Crippen MR) is 127 cm³/mol. The molecule has 2 aliphatic carbocycles. The van der Waals surface area contributed by atoms with Gasteiger partial charge in [-0.25, -0.2) is 0 Å². The van der Waals surface area contributed by atoms with Crippen LogP contribution >= 0.6 is 0 Å². The van der Waals surface area contributed by atoms with Crippen LogP contribution in [0.5, 0.6) is 0 Å². The van der Waals surface area contributed by atoms with Gasteiger partial charge in [0, 0.05) is 31.0 Å². The third-order valence-corrected chi connectivity index (χ3v) is 8.81. The number of piperidine rings is 1. The molecule has 32 heavy (non-hydrogen) atoms. The van der Waals surface area contributed by atoms with E-state index in [4.69, 9.17) is 0 Å². The smallest absolute Gasteiger partial charge is 0.227 e. The Morgan fingerprint density at radius 1 is 0.906 bits per heavy atom. The summed E-state index contributed by atoms with van der Waals surface area (Å²) in [5.74, 6) is 2.67. The van der Waals surface area contributed by atoms with Crippen molar-refractivity contribution in [1.29, 1.82) is 0 Å². The number of hydrogen-bond donors (Lipinski definition) is 0. The lowest BCUT2D eigenvalue weighted by molar-refractivity contribution is -0.118. The van der Waals surface area contributed by atoms with E-state index < -0.39 is 0 Å². The second-order valence-electron chi connectivity index (χ2n) is 10.5. The first-order valence-corrected chi connectivity index (χ1v) is 12.8. The van der Waals surface area contributed by atoms with E-state index in [-0.39, 0.29) is 5.91 Å². The number of rotatable bonds is 5. The van der Waals surface area contributed by atoms with Crippen LogP contribution in [-0.4, -0.2) is 42.3 Å². The van der Waals surface area contributed by atoms with Gasteiger partial charge in [-0.15, -0.1) is 0 Å². The van der Waals surface area contributed by atoms with Crippen LogP contribution in [0.2, 0.25) is 0 Å². The van der Waals surface area contributed by atoms with Gasteiger partial charge in [-0.2, -0.15) is 0 Å². The van der Waals surface area contributed by atoms with Crippen molar-refractivity contribution < 1.29 is 9.59 Å². The quantitative estimate of drug-likeness (QED) is 0.635. The number of benzene rings is 1. The number of nitrogens with zero attached hydrogens (tertiary/aromatic N) is 2. The summed E-state index contributed by atoms with van der Waals surface area (Å²) in [5.41, 5.74) is 4.40. The number of aryl methyl sites for hydroxylation is 1. The third kappa shape index (κ3) is 3.57. The summed E-state index contributed by atoms with van der Waals surface area (Å²) in [4.78, 5) is 29.9. The average molecular weight is 431 g/mol. The molecule has 1 aromatic rings. The summed E-state index contributed by atoms with van der Waals surface area (Å²) >= 11 is 0. The summed E-state index contributed by atoms with van der Waals surface area (Å²) in [6.07, 6.45) is 18.4. The minimum absolute atomic E-state index is 0.241. The molecule has 5 aliphatic rings. The molecule has 6 rings (SSSR count). The summed E-state index contributed by atoms with van der Waals surface area (Å²) in [7, 11) is 0. The highest BCUT2D eigenvalue weighted by atomic mass is 16.2. The Labute approximate surface area is 191 Å². The van der Waals surface area contributed by atoms with E-state index in [9.17, 15) is 9.59 Å². The number of amides is 1. The first kappa shape index (κ1) is 20.4. The molecular formula is C28H34N2O2. The number of likely N-dealkylation sites (tertiary alicyclic amines) is 1. The largest absolute Gasteiger partial charge is 0.312 e. The van der Waals surface area contributed by atoms with E-state index in [1.807, 2.05) is 4.90 Å². The van der Waals surface area contributed by atoms with Gasteiger partial charge in [-0.3, -0.25) is 14.5 Å². The van der Waals surface area contributed by atoms with Gasteiger partial charge in [0.05, 0.1) is 5.69 Å². The van der Waals surface area contributed by atoms with Crippen molar-refractivity contribution in [2.75, 3.05) is 24.5 Å². The molecule has 1 aromatic carbocycles. The van der Waals surface area contributed by atoms with Gasteiger partial charge >= 0.3 is 0 Å². The fraction of sp³-hybridized carbons (Fsp3) is 0.571. The zero-order valence-electron chi connectivity index (χ0n) is 19.0. The first-order chi connectivity index (χ1) is 15.7. The van der Waals surface area contributed by atoms with Crippen LogP contribution in [0.25, 0.3) is 0 Å². The Morgan fingerprint density at radius 3 is 2.53 bits per heavy atom. The molecular weight excluding hydrogens is 396 g/mol. The van der Waals surface area contributed by atoms with Gasteiger partial charge in [0.15, 0.2) is 5.78 Å². The molecule has 0 N–H and O–H groups in total. The van der Waals surface area contributed by atoms with Crippen molar-refractivity contribution in [1.82, 2.24) is 4.90 Å². The minimum Gasteiger partial charge on any atom is -0.312 e. The predicted octanol–water partition coefficient (Wildman–Crippen LogP) is 4.72. The van der Waals surface area contributed by atoms with E-state index in [1.54, 1.807) is 0 Å². The molecule has 4 nitrogen and oxygen atoms in total. The van der Waals surface area contributed by atoms with Crippen molar-refractivity contribution in [2.24, 2.45) is 17.8 Å². The second kappa shape index (κ2) is 8.30. The number of fused-ring (bicyclic) bond motifs is 1. The lowest BCUT2D eigenvalue weighted by Gasteiger charge is -2.39. The number of anilines is 1. The van der Waals surface area contributed by atoms with Crippen LogP contribution < -0.4 is 4.90 Å². The van der Waals surface area contributed by atoms with Crippen LogP contribution in [0.4, 0.5) is 5.69 Å². The Morgan fingerprint density at radius 2 is 1.69 bits per heavy atom. The van der Waals surface area contributed by atoms with Gasteiger partial charge in [0.25, 0.3) is 0 Å². The Bertz CT molecular complexity index is 985. The van der Waals surface area contributed by atoms with Crippen molar-refractivity contribution in [3.63, 3.8) is 0 Å². The molecule has 1 saturated carbocycles. The maximum atomic E-state index is 13.0. The van der Waals surface area contributed by atoms with Crippen molar-refractivity contribution in [2.45, 2.75) is 63.8 Å². The van der Waals surface area contributed by atoms with E-state index in [1.165, 1.54) is 49.9 Å². The van der Waals surface area contributed by atoms with Crippen LogP contribution in [0, 0.1) is 17.8 Å². The topological polar surface area (TPSA) is 40.6 Å². The Hall–Kier alpha value is -2.20. The number of Topliss-reactive ketones (excluding diaryl/α,β-unsaturated/α-hetero) is 1. The summed E-state index contributed by atoms with van der Waals surface area (Å²) in [6.45, 7) is 3.17. The van der Waals surface area contributed by atoms with E-state index in [2.05, 4.69) is 41.3 Å². The molecule has 4 heteroatoms. The Balaban J connectivity index is 1.04. The number of hydrogen-bond acceptors (Lipinski definition) is 3. The maximum absolute atomic E-state index is 13.0. The number of carbonyl (C=O) groups is 2. The van der Waals surface area contributed by atoms with Gasteiger partial charge in [0.1, 0.15) is 0 Å². The van der Waals surface area contributed by atoms with Crippen molar-refractivity contribution in [3.05, 3.63) is 53.1 Å². The zero-order valence-corrected chi connectivity index (χ0v) is 19.0.